The summed E-state index contributed by atoms with van der Waals surface area (Å²) in [4.78, 5) is 28.6. The fourth-order valence-electron chi connectivity index (χ4n) is 3.27. The molecule has 2 heterocycles. The van der Waals surface area contributed by atoms with E-state index in [1.807, 2.05) is 0 Å². The van der Waals surface area contributed by atoms with Gasteiger partial charge in [-0.1, -0.05) is 25.1 Å². The maximum absolute atomic E-state index is 14.5. The number of nitrogens with zero attached hydrogens (tertiary/aromatic N) is 3. The number of benzene rings is 2. The second-order valence-electron chi connectivity index (χ2n) is 7.13. The van der Waals surface area contributed by atoms with Crippen molar-refractivity contribution in [3.63, 3.8) is 0 Å². The number of carbonyl (C=O) groups is 1. The molecule has 0 aliphatic heterocycles. The van der Waals surface area contributed by atoms with Gasteiger partial charge in [0.15, 0.2) is 0 Å². The zero-order chi connectivity index (χ0) is 23.7. The molecule has 7 nitrogen and oxygen atoms in total. The lowest BCUT2D eigenvalue weighted by atomic mass is 10.0. The number of carbonyl (C=O) groups excluding carboxylic acids is 1. The number of hydrogen-bond donors (Lipinski definition) is 1. The molecule has 10 heteroatoms. The highest BCUT2D eigenvalue weighted by Gasteiger charge is 2.21. The van der Waals surface area contributed by atoms with Crippen LogP contribution in [0.4, 0.5) is 14.5 Å². The normalized spacial score (nSPS) is 10.9. The van der Waals surface area contributed by atoms with Gasteiger partial charge >= 0.3 is 5.76 Å². The Morgan fingerprint density at radius 1 is 1.18 bits per heavy atom. The number of pyridine rings is 1. The first-order chi connectivity index (χ1) is 15.8. The molecule has 0 aliphatic carbocycles. The van der Waals surface area contributed by atoms with Crippen molar-refractivity contribution in [3.05, 3.63) is 86.4 Å². The number of hydrogen-bond acceptors (Lipinski definition) is 5. The molecule has 0 saturated heterocycles. The number of aryl methyl sites for hydroxylation is 2. The molecule has 4 rings (SSSR count). The minimum Gasteiger partial charge on any atom is -0.388 e. The second-order valence-corrected chi connectivity index (χ2v) is 8.04. The lowest BCUT2D eigenvalue weighted by molar-refractivity contribution is 0.101. The van der Waals surface area contributed by atoms with Gasteiger partial charge in [-0.3, -0.25) is 9.78 Å². The van der Waals surface area contributed by atoms with Gasteiger partial charge in [-0.05, 0) is 52.2 Å². The average Bonchev–Trinajstić information content (AvgIpc) is 3.13. The molecule has 1 N–H and O–H groups in total. The van der Waals surface area contributed by atoms with E-state index in [9.17, 15) is 18.4 Å². The number of rotatable bonds is 5. The summed E-state index contributed by atoms with van der Waals surface area (Å²) in [6, 6.07) is 10.6. The van der Waals surface area contributed by atoms with E-state index in [4.69, 9.17) is 4.42 Å². The molecular weight excluding hydrogens is 498 g/mol. The molecular formula is C23H17BrF2N4O3. The van der Waals surface area contributed by atoms with E-state index in [2.05, 4.69) is 31.3 Å². The fourth-order valence-corrected chi connectivity index (χ4v) is 3.60. The van der Waals surface area contributed by atoms with Crippen molar-refractivity contribution in [1.82, 2.24) is 14.8 Å². The van der Waals surface area contributed by atoms with Crippen LogP contribution in [0.5, 0.6) is 0 Å². The standard InChI is InChI=1S/C23H17BrF2N4O3/c1-3-12-6-9-17(25)18(19(12)26)21(31)28-15-7-4-13(5-8-15)20-16(10-14(24)11-27-20)22-29-30(2)23(32)33-22/h4-11H,3H2,1-2H3,(H,28,31). The van der Waals surface area contributed by atoms with Crippen LogP contribution in [0, 0.1) is 11.6 Å². The fraction of sp³-hybridized carbons (Fsp3) is 0.130. The Balaban J connectivity index is 1.64. The first-order valence-corrected chi connectivity index (χ1v) is 10.7. The van der Waals surface area contributed by atoms with E-state index in [0.717, 1.165) is 10.7 Å². The summed E-state index contributed by atoms with van der Waals surface area (Å²) in [7, 11) is 1.47. The van der Waals surface area contributed by atoms with Crippen LogP contribution in [0.2, 0.25) is 0 Å². The van der Waals surface area contributed by atoms with Crippen LogP contribution in [0.1, 0.15) is 22.8 Å². The molecule has 0 aliphatic rings. The summed E-state index contributed by atoms with van der Waals surface area (Å²) >= 11 is 3.35. The maximum Gasteiger partial charge on any atom is 0.437 e. The molecule has 33 heavy (non-hydrogen) atoms. The Bertz CT molecular complexity index is 1410. The lowest BCUT2D eigenvalue weighted by Crippen LogP contribution is -2.17. The van der Waals surface area contributed by atoms with Crippen molar-refractivity contribution in [2.45, 2.75) is 13.3 Å². The third kappa shape index (κ3) is 4.47. The number of amides is 1. The van der Waals surface area contributed by atoms with Crippen LogP contribution >= 0.6 is 15.9 Å². The Labute approximate surface area is 195 Å². The maximum atomic E-state index is 14.5. The number of aromatic nitrogens is 3. The van der Waals surface area contributed by atoms with Gasteiger partial charge in [-0.25, -0.2) is 13.6 Å². The highest BCUT2D eigenvalue weighted by molar-refractivity contribution is 9.10. The summed E-state index contributed by atoms with van der Waals surface area (Å²) in [5, 5.41) is 6.59. The predicted octanol–water partition coefficient (Wildman–Crippen LogP) is 4.96. The quantitative estimate of drug-likeness (QED) is 0.406. The molecule has 0 atom stereocenters. The van der Waals surface area contributed by atoms with E-state index in [1.54, 1.807) is 43.5 Å². The number of anilines is 1. The third-order valence-electron chi connectivity index (χ3n) is 4.97. The molecule has 2 aromatic heterocycles. The molecule has 2 aromatic carbocycles. The minimum absolute atomic E-state index is 0.102. The Morgan fingerprint density at radius 3 is 2.55 bits per heavy atom. The molecule has 1 amide bonds. The molecule has 0 radical (unpaired) electrons. The smallest absolute Gasteiger partial charge is 0.388 e. The topological polar surface area (TPSA) is 90.0 Å². The summed E-state index contributed by atoms with van der Waals surface area (Å²) in [6.07, 6.45) is 1.92. The second kappa shape index (κ2) is 9.07. The zero-order valence-corrected chi connectivity index (χ0v) is 19.1. The Hall–Kier alpha value is -3.66. The zero-order valence-electron chi connectivity index (χ0n) is 17.5. The van der Waals surface area contributed by atoms with Gasteiger partial charge in [-0.15, -0.1) is 5.10 Å². The van der Waals surface area contributed by atoms with Crippen LogP contribution in [0.25, 0.3) is 22.7 Å². The van der Waals surface area contributed by atoms with Gasteiger partial charge < -0.3 is 9.73 Å². The van der Waals surface area contributed by atoms with Crippen LogP contribution in [0.3, 0.4) is 0 Å². The van der Waals surface area contributed by atoms with Crippen LogP contribution in [-0.4, -0.2) is 20.7 Å². The van der Waals surface area contributed by atoms with Crippen molar-refractivity contribution in [2.75, 3.05) is 5.32 Å². The number of nitrogens with one attached hydrogen (secondary N) is 1. The van der Waals surface area contributed by atoms with E-state index in [-0.39, 0.29) is 11.5 Å². The Kier molecular flexibility index (Phi) is 6.19. The van der Waals surface area contributed by atoms with Gasteiger partial charge in [0.1, 0.15) is 17.2 Å². The third-order valence-corrected chi connectivity index (χ3v) is 5.40. The lowest BCUT2D eigenvalue weighted by Gasteiger charge is -2.11. The monoisotopic (exact) mass is 514 g/mol. The molecule has 168 valence electrons. The summed E-state index contributed by atoms with van der Waals surface area (Å²) in [6.45, 7) is 1.72. The molecule has 0 saturated carbocycles. The van der Waals surface area contributed by atoms with E-state index in [0.29, 0.717) is 33.4 Å². The van der Waals surface area contributed by atoms with Crippen LogP contribution < -0.4 is 11.1 Å². The van der Waals surface area contributed by atoms with E-state index >= 15 is 0 Å². The van der Waals surface area contributed by atoms with Crippen molar-refractivity contribution in [1.29, 1.82) is 0 Å². The van der Waals surface area contributed by atoms with Gasteiger partial charge in [0.2, 0.25) is 0 Å². The summed E-state index contributed by atoms with van der Waals surface area (Å²) < 4.78 is 35.5. The largest absolute Gasteiger partial charge is 0.437 e. The first-order valence-electron chi connectivity index (χ1n) is 9.87. The molecule has 0 unspecified atom stereocenters. The highest BCUT2D eigenvalue weighted by atomic mass is 79.9. The van der Waals surface area contributed by atoms with Crippen LogP contribution in [-0.2, 0) is 13.5 Å². The van der Waals surface area contributed by atoms with Gasteiger partial charge in [0, 0.05) is 29.0 Å². The molecule has 0 spiro atoms. The SMILES string of the molecule is CCc1ccc(F)c(C(=O)Nc2ccc(-c3ncc(Br)cc3-c3nn(C)c(=O)o3)cc2)c1F. The molecule has 0 fully saturated rings. The van der Waals surface area contributed by atoms with E-state index < -0.39 is 28.9 Å². The first kappa shape index (κ1) is 22.5. The average molecular weight is 515 g/mol. The molecule has 0 bridgehead atoms. The summed E-state index contributed by atoms with van der Waals surface area (Å²) in [5.41, 5.74) is 1.60. The van der Waals surface area contributed by atoms with Gasteiger partial charge in [0.05, 0.1) is 11.3 Å². The van der Waals surface area contributed by atoms with Crippen molar-refractivity contribution < 1.29 is 18.0 Å². The van der Waals surface area contributed by atoms with Crippen molar-refractivity contribution in [3.8, 4) is 22.7 Å². The predicted molar refractivity (Wildman–Crippen MR) is 122 cm³/mol. The van der Waals surface area contributed by atoms with Crippen molar-refractivity contribution in [2.24, 2.45) is 7.05 Å². The van der Waals surface area contributed by atoms with Crippen LogP contribution in [0.15, 0.2) is 62.3 Å². The summed E-state index contributed by atoms with van der Waals surface area (Å²) in [5.74, 6) is -3.19. The van der Waals surface area contributed by atoms with Gasteiger partial charge in [0.25, 0.3) is 11.8 Å². The van der Waals surface area contributed by atoms with Crippen molar-refractivity contribution >= 4 is 27.5 Å². The minimum atomic E-state index is -0.931. The Morgan fingerprint density at radius 2 is 1.91 bits per heavy atom. The van der Waals surface area contributed by atoms with Gasteiger partial charge in [-0.2, -0.15) is 4.68 Å². The van der Waals surface area contributed by atoms with E-state index in [1.165, 1.54) is 13.1 Å². The molecule has 4 aromatic rings. The highest BCUT2D eigenvalue weighted by Crippen LogP contribution is 2.31. The number of halogens is 3.